The molecule has 0 saturated carbocycles. The van der Waals surface area contributed by atoms with Crippen LogP contribution >= 0.6 is 0 Å². The maximum absolute atomic E-state index is 11.5. The Balaban J connectivity index is 1.09. The number of fused-ring (bicyclic) bond motifs is 2. The number of likely N-dealkylation sites (tertiary alicyclic amines) is 1. The van der Waals surface area contributed by atoms with E-state index < -0.39 is 0 Å². The summed E-state index contributed by atoms with van der Waals surface area (Å²) in [6.07, 6.45) is 5.14. The molecule has 10 nitrogen and oxygen atoms in total. The summed E-state index contributed by atoms with van der Waals surface area (Å²) in [7, 11) is 0. The Labute approximate surface area is 207 Å². The van der Waals surface area contributed by atoms with Crippen LogP contribution in [0.4, 0.5) is 0 Å². The number of benzene rings is 2. The molecule has 1 saturated heterocycles. The number of aromatic amines is 2. The molecule has 1 fully saturated rings. The average molecular weight is 485 g/mol. The molecule has 1 aliphatic rings. The Bertz CT molecular complexity index is 1520. The summed E-state index contributed by atoms with van der Waals surface area (Å²) < 4.78 is 8.03. The number of hydrogen-bond acceptors (Lipinski definition) is 7. The number of ether oxygens (including phenoxy) is 1. The lowest BCUT2D eigenvalue weighted by Crippen LogP contribution is -2.37. The highest BCUT2D eigenvalue weighted by Crippen LogP contribution is 2.28. The second kappa shape index (κ2) is 9.90. The molecule has 2 N–H and O–H groups in total. The van der Waals surface area contributed by atoms with Gasteiger partial charge < -0.3 is 9.72 Å². The summed E-state index contributed by atoms with van der Waals surface area (Å²) in [5.41, 5.74) is 3.08. The molecule has 6 rings (SSSR count). The van der Waals surface area contributed by atoms with Crippen LogP contribution in [0.3, 0.4) is 0 Å². The summed E-state index contributed by atoms with van der Waals surface area (Å²) >= 11 is 0. The molecule has 0 aliphatic carbocycles. The Hall–Kier alpha value is -4.05. The predicted octanol–water partition coefficient (Wildman–Crippen LogP) is 3.59. The Morgan fingerprint density at radius 3 is 2.89 bits per heavy atom. The summed E-state index contributed by atoms with van der Waals surface area (Å²) in [5, 5.41) is 13.6. The molecule has 184 valence electrons. The normalized spacial score (nSPS) is 16.6. The fourth-order valence-corrected chi connectivity index (χ4v) is 4.98. The average Bonchev–Trinajstić information content (AvgIpc) is 3.51. The van der Waals surface area contributed by atoms with Gasteiger partial charge in [0.15, 0.2) is 11.5 Å². The van der Waals surface area contributed by atoms with E-state index in [1.807, 2.05) is 28.9 Å². The first-order valence-corrected chi connectivity index (χ1v) is 12.4. The molecule has 5 aromatic rings. The number of pyridine rings is 1. The fourth-order valence-electron chi connectivity index (χ4n) is 4.98. The van der Waals surface area contributed by atoms with Gasteiger partial charge in [-0.25, -0.2) is 14.5 Å². The highest BCUT2D eigenvalue weighted by molar-refractivity contribution is 5.89. The van der Waals surface area contributed by atoms with Crippen molar-refractivity contribution in [2.24, 2.45) is 0 Å². The number of nitrogens with one attached hydrogen (secondary N) is 2. The van der Waals surface area contributed by atoms with Gasteiger partial charge in [-0.1, -0.05) is 30.3 Å². The topological polar surface area (TPSA) is 118 Å². The fraction of sp³-hybridized carbons (Fsp3) is 0.346. The molecule has 2 aromatic carbocycles. The summed E-state index contributed by atoms with van der Waals surface area (Å²) in [4.78, 5) is 23.9. The first kappa shape index (κ1) is 22.4. The molecule has 0 radical (unpaired) electrons. The molecular formula is C26H28N8O2. The lowest BCUT2D eigenvalue weighted by atomic mass is 10.1. The first-order chi connectivity index (χ1) is 17.7. The van der Waals surface area contributed by atoms with Crippen LogP contribution in [0.2, 0.25) is 0 Å². The number of piperidine rings is 1. The second-order valence-corrected chi connectivity index (χ2v) is 9.24. The SMILES string of the molecule is O=c1[nH]c2cc3cc(OCCCc4nnnn4C4CCCCN4Cc4ccccc4)ccc3nc2[nH]1. The number of aromatic nitrogens is 7. The first-order valence-electron chi connectivity index (χ1n) is 12.4. The molecular weight excluding hydrogens is 456 g/mol. The zero-order chi connectivity index (χ0) is 24.3. The van der Waals surface area contributed by atoms with Gasteiger partial charge >= 0.3 is 5.69 Å². The smallest absolute Gasteiger partial charge is 0.325 e. The molecule has 1 unspecified atom stereocenters. The third kappa shape index (κ3) is 4.72. The molecule has 36 heavy (non-hydrogen) atoms. The van der Waals surface area contributed by atoms with Crippen molar-refractivity contribution in [3.8, 4) is 5.75 Å². The van der Waals surface area contributed by atoms with E-state index in [2.05, 4.69) is 65.7 Å². The number of tetrazole rings is 1. The lowest BCUT2D eigenvalue weighted by Gasteiger charge is -2.35. The van der Waals surface area contributed by atoms with Crippen LogP contribution in [0.25, 0.3) is 22.1 Å². The largest absolute Gasteiger partial charge is 0.494 e. The predicted molar refractivity (Wildman–Crippen MR) is 136 cm³/mol. The lowest BCUT2D eigenvalue weighted by molar-refractivity contribution is 0.0734. The van der Waals surface area contributed by atoms with E-state index in [9.17, 15) is 4.79 Å². The Morgan fingerprint density at radius 1 is 1.06 bits per heavy atom. The van der Waals surface area contributed by atoms with Crippen LogP contribution in [-0.2, 0) is 13.0 Å². The zero-order valence-electron chi connectivity index (χ0n) is 19.9. The van der Waals surface area contributed by atoms with Crippen molar-refractivity contribution in [1.82, 2.24) is 40.1 Å². The van der Waals surface area contributed by atoms with E-state index in [1.54, 1.807) is 0 Å². The van der Waals surface area contributed by atoms with Crippen LogP contribution in [0.1, 0.15) is 43.2 Å². The van der Waals surface area contributed by atoms with E-state index in [0.717, 1.165) is 54.8 Å². The third-order valence-corrected chi connectivity index (χ3v) is 6.73. The third-order valence-electron chi connectivity index (χ3n) is 6.73. The van der Waals surface area contributed by atoms with Crippen LogP contribution in [-0.4, -0.2) is 53.2 Å². The van der Waals surface area contributed by atoms with Gasteiger partial charge in [-0.3, -0.25) is 9.88 Å². The van der Waals surface area contributed by atoms with Crippen molar-refractivity contribution < 1.29 is 4.74 Å². The molecule has 1 atom stereocenters. The van der Waals surface area contributed by atoms with Gasteiger partial charge in [0.25, 0.3) is 0 Å². The molecule has 0 bridgehead atoms. The molecule has 10 heteroatoms. The van der Waals surface area contributed by atoms with Gasteiger partial charge in [-0.05, 0) is 65.9 Å². The van der Waals surface area contributed by atoms with E-state index in [1.165, 1.54) is 18.4 Å². The minimum absolute atomic E-state index is 0.176. The highest BCUT2D eigenvalue weighted by atomic mass is 16.5. The number of nitrogens with zero attached hydrogens (tertiary/aromatic N) is 6. The van der Waals surface area contributed by atoms with Crippen molar-refractivity contribution in [3.63, 3.8) is 0 Å². The Kier molecular flexibility index (Phi) is 6.17. The number of imidazole rings is 1. The Morgan fingerprint density at radius 2 is 1.97 bits per heavy atom. The van der Waals surface area contributed by atoms with Gasteiger partial charge in [-0.15, -0.1) is 5.10 Å². The maximum atomic E-state index is 11.5. The van der Waals surface area contributed by atoms with Crippen LogP contribution < -0.4 is 10.4 Å². The molecule has 0 spiro atoms. The maximum Gasteiger partial charge on any atom is 0.325 e. The van der Waals surface area contributed by atoms with E-state index in [4.69, 9.17) is 4.74 Å². The summed E-state index contributed by atoms with van der Waals surface area (Å²) in [6.45, 7) is 2.49. The molecule has 4 heterocycles. The number of H-pyrrole nitrogens is 2. The molecule has 1 aliphatic heterocycles. The van der Waals surface area contributed by atoms with Gasteiger partial charge in [0, 0.05) is 24.9 Å². The van der Waals surface area contributed by atoms with Crippen molar-refractivity contribution in [1.29, 1.82) is 0 Å². The second-order valence-electron chi connectivity index (χ2n) is 9.24. The summed E-state index contributed by atoms with van der Waals surface area (Å²) in [6, 6.07) is 18.2. The number of rotatable bonds is 8. The van der Waals surface area contributed by atoms with Crippen molar-refractivity contribution in [3.05, 3.63) is 76.5 Å². The molecule has 0 amide bonds. The van der Waals surface area contributed by atoms with E-state index in [-0.39, 0.29) is 11.9 Å². The van der Waals surface area contributed by atoms with E-state index in [0.29, 0.717) is 17.8 Å². The van der Waals surface area contributed by atoms with Gasteiger partial charge in [0.05, 0.1) is 17.6 Å². The minimum atomic E-state index is -0.261. The van der Waals surface area contributed by atoms with Crippen molar-refractivity contribution in [2.75, 3.05) is 13.2 Å². The minimum Gasteiger partial charge on any atom is -0.494 e. The van der Waals surface area contributed by atoms with Crippen LogP contribution in [0.15, 0.2) is 59.4 Å². The summed E-state index contributed by atoms with van der Waals surface area (Å²) in [5.74, 6) is 1.66. The van der Waals surface area contributed by atoms with Crippen LogP contribution in [0, 0.1) is 0 Å². The van der Waals surface area contributed by atoms with Gasteiger partial charge in [0.1, 0.15) is 11.9 Å². The van der Waals surface area contributed by atoms with Crippen molar-refractivity contribution in [2.45, 2.75) is 44.8 Å². The quantitative estimate of drug-likeness (QED) is 0.323. The highest BCUT2D eigenvalue weighted by Gasteiger charge is 2.27. The molecule has 3 aromatic heterocycles. The van der Waals surface area contributed by atoms with Gasteiger partial charge in [-0.2, -0.15) is 0 Å². The van der Waals surface area contributed by atoms with Crippen molar-refractivity contribution >= 4 is 22.1 Å². The van der Waals surface area contributed by atoms with Crippen LogP contribution in [0.5, 0.6) is 5.75 Å². The standard InChI is InChI=1S/C26H28N8O2/c35-26-28-22-16-19-15-20(11-12-21(19)27-25(22)29-26)36-14-6-9-23-30-31-32-34(23)24-10-4-5-13-33(24)17-18-7-2-1-3-8-18/h1-3,7-8,11-12,15-16,24H,4-6,9-10,13-14,17H2,(H2,27,28,29,35). The number of aryl methyl sites for hydroxylation is 1. The zero-order valence-corrected chi connectivity index (χ0v) is 19.9. The van der Waals surface area contributed by atoms with E-state index >= 15 is 0 Å². The monoisotopic (exact) mass is 484 g/mol. The number of hydrogen-bond donors (Lipinski definition) is 2. The van der Waals surface area contributed by atoms with Gasteiger partial charge in [0.2, 0.25) is 0 Å².